The van der Waals surface area contributed by atoms with Crippen molar-refractivity contribution in [1.29, 1.82) is 0 Å². The van der Waals surface area contributed by atoms with Gasteiger partial charge in [-0.05, 0) is 91.3 Å². The molecule has 0 saturated carbocycles. The Morgan fingerprint density at radius 2 is 1.87 bits per heavy atom. The van der Waals surface area contributed by atoms with Crippen molar-refractivity contribution in [2.75, 3.05) is 24.3 Å². The number of alkyl halides is 3. The lowest BCUT2D eigenvalue weighted by Crippen LogP contribution is -2.50. The minimum atomic E-state index is -4.39. The molecule has 2 aromatic carbocycles. The number of aliphatic imine (C=N–C) groups is 2. The van der Waals surface area contributed by atoms with E-state index >= 15 is 0 Å². The van der Waals surface area contributed by atoms with E-state index in [-0.39, 0.29) is 5.82 Å². The van der Waals surface area contributed by atoms with Crippen LogP contribution in [0.25, 0.3) is 0 Å². The van der Waals surface area contributed by atoms with Crippen LogP contribution in [-0.4, -0.2) is 36.3 Å². The minimum absolute atomic E-state index is 0.336. The van der Waals surface area contributed by atoms with Gasteiger partial charge < -0.3 is 11.2 Å². The van der Waals surface area contributed by atoms with E-state index in [1.54, 1.807) is 36.3 Å². The molecule has 39 heavy (non-hydrogen) atoms. The second-order valence-corrected chi connectivity index (χ2v) is 10.2. The summed E-state index contributed by atoms with van der Waals surface area (Å²) in [5.74, 6) is 0.289. The number of hydrogen-bond donors (Lipinski definition) is 2. The van der Waals surface area contributed by atoms with Gasteiger partial charge in [-0.2, -0.15) is 13.2 Å². The van der Waals surface area contributed by atoms with Crippen molar-refractivity contribution >= 4 is 35.6 Å². The maximum absolute atomic E-state index is 13.4. The minimum Gasteiger partial charge on any atom is -0.404 e. The summed E-state index contributed by atoms with van der Waals surface area (Å²) in [6, 6.07) is 10.9. The van der Waals surface area contributed by atoms with Crippen LogP contribution in [0.5, 0.6) is 0 Å². The van der Waals surface area contributed by atoms with Gasteiger partial charge in [-0.3, -0.25) is 4.99 Å². The standard InChI is InChI=1S/C29H29F4N5S/c1-20(18-39-14-12-35-2)28-16-21(17-34)27(36-25-9-5-24(30)6-10-25)15-23(28)11-13-38(19-28)37-26-7-3-22(4-8-26)29(31,32)33/h3-10,12,14-15,17,37H,1-2,11,13,16,18-19,34H2/b14-12-,21-17?,36-27?. The third kappa shape index (κ3) is 6.69. The van der Waals surface area contributed by atoms with Crippen LogP contribution in [0.2, 0.25) is 0 Å². The number of thioether (sulfide) groups is 1. The van der Waals surface area contributed by atoms with Crippen molar-refractivity contribution in [3.05, 3.63) is 107 Å². The summed E-state index contributed by atoms with van der Waals surface area (Å²) in [4.78, 5) is 8.47. The maximum atomic E-state index is 13.4. The van der Waals surface area contributed by atoms with Gasteiger partial charge in [-0.15, -0.1) is 11.8 Å². The van der Waals surface area contributed by atoms with E-state index in [4.69, 9.17) is 10.7 Å². The number of nitrogens with zero attached hydrogens (tertiary/aromatic N) is 3. The summed E-state index contributed by atoms with van der Waals surface area (Å²) in [6.45, 7) is 9.06. The molecule has 1 heterocycles. The monoisotopic (exact) mass is 555 g/mol. The third-order valence-corrected chi connectivity index (χ3v) is 7.66. The second-order valence-electron chi connectivity index (χ2n) is 9.33. The molecule has 2 aliphatic rings. The molecular formula is C29H29F4N5S. The molecular weight excluding hydrogens is 526 g/mol. The highest BCUT2D eigenvalue weighted by atomic mass is 32.2. The third-order valence-electron chi connectivity index (χ3n) is 6.83. The Kier molecular flexibility index (Phi) is 8.76. The Morgan fingerprint density at radius 1 is 1.15 bits per heavy atom. The van der Waals surface area contributed by atoms with Crippen LogP contribution < -0.4 is 11.2 Å². The molecule has 4 rings (SSSR count). The SMILES string of the molecule is C=N/C=C\SCC(=C)C12CC(=CN)C(=Nc3ccc(F)cc3)C=C1CCN(Nc1ccc(C(F)(F)F)cc1)C2. The van der Waals surface area contributed by atoms with Gasteiger partial charge in [0.05, 0.1) is 17.0 Å². The van der Waals surface area contributed by atoms with Gasteiger partial charge in [0.15, 0.2) is 0 Å². The number of benzene rings is 2. The van der Waals surface area contributed by atoms with Crippen molar-refractivity contribution < 1.29 is 17.6 Å². The topological polar surface area (TPSA) is 66.0 Å². The highest BCUT2D eigenvalue weighted by Gasteiger charge is 2.45. The largest absolute Gasteiger partial charge is 0.416 e. The number of nitrogens with one attached hydrogen (secondary N) is 1. The van der Waals surface area contributed by atoms with E-state index in [2.05, 4.69) is 23.7 Å². The van der Waals surface area contributed by atoms with Crippen LogP contribution in [0.3, 0.4) is 0 Å². The normalized spacial score (nSPS) is 22.1. The van der Waals surface area contributed by atoms with Gasteiger partial charge >= 0.3 is 6.18 Å². The number of hydrazine groups is 1. The predicted octanol–water partition coefficient (Wildman–Crippen LogP) is 7.27. The first kappa shape index (κ1) is 28.4. The van der Waals surface area contributed by atoms with Gasteiger partial charge in [0.1, 0.15) is 5.82 Å². The maximum Gasteiger partial charge on any atom is 0.416 e. The van der Waals surface area contributed by atoms with Crippen LogP contribution in [0, 0.1) is 11.2 Å². The van der Waals surface area contributed by atoms with Gasteiger partial charge in [-0.1, -0.05) is 17.7 Å². The number of allylic oxidation sites excluding steroid dienone is 2. The summed E-state index contributed by atoms with van der Waals surface area (Å²) in [7, 11) is 0. The zero-order chi connectivity index (χ0) is 28.0. The lowest BCUT2D eigenvalue weighted by atomic mass is 9.64. The van der Waals surface area contributed by atoms with E-state index in [1.165, 1.54) is 24.3 Å². The molecule has 1 aliphatic carbocycles. The Bertz CT molecular complexity index is 1330. The zero-order valence-electron chi connectivity index (χ0n) is 21.2. The van der Waals surface area contributed by atoms with Crippen molar-refractivity contribution in [3.8, 4) is 0 Å². The van der Waals surface area contributed by atoms with Crippen LogP contribution in [-0.2, 0) is 6.18 Å². The lowest BCUT2D eigenvalue weighted by molar-refractivity contribution is -0.137. The summed E-state index contributed by atoms with van der Waals surface area (Å²) in [5.41, 5.74) is 13.0. The number of nitrogens with two attached hydrogens (primary N) is 1. The number of hydrogen-bond acceptors (Lipinski definition) is 6. The van der Waals surface area contributed by atoms with Crippen molar-refractivity contribution in [2.24, 2.45) is 21.1 Å². The van der Waals surface area contributed by atoms with Gasteiger partial charge in [0, 0.05) is 36.1 Å². The highest BCUT2D eigenvalue weighted by molar-refractivity contribution is 8.02. The molecule has 0 aromatic heterocycles. The number of halogens is 4. The predicted molar refractivity (Wildman–Crippen MR) is 152 cm³/mol. The Balaban J connectivity index is 1.65. The molecule has 1 saturated heterocycles. The zero-order valence-corrected chi connectivity index (χ0v) is 22.0. The first-order chi connectivity index (χ1) is 18.6. The molecule has 1 aliphatic heterocycles. The summed E-state index contributed by atoms with van der Waals surface area (Å²) < 4.78 is 52.4. The fourth-order valence-electron chi connectivity index (χ4n) is 4.81. The van der Waals surface area contributed by atoms with Crippen molar-refractivity contribution in [2.45, 2.75) is 19.0 Å². The first-order valence-corrected chi connectivity index (χ1v) is 13.3. The van der Waals surface area contributed by atoms with Crippen molar-refractivity contribution in [1.82, 2.24) is 5.01 Å². The quantitative estimate of drug-likeness (QED) is 0.204. The summed E-state index contributed by atoms with van der Waals surface area (Å²) in [6.07, 6.45) is 2.04. The summed E-state index contributed by atoms with van der Waals surface area (Å²) in [5, 5.41) is 3.86. The fraction of sp³-hybridized carbons (Fsp3) is 0.241. The second kappa shape index (κ2) is 12.0. The van der Waals surface area contributed by atoms with Crippen LogP contribution >= 0.6 is 11.8 Å². The summed E-state index contributed by atoms with van der Waals surface area (Å²) >= 11 is 1.55. The van der Waals surface area contributed by atoms with Gasteiger partial charge in [-0.25, -0.2) is 14.4 Å². The molecule has 0 spiro atoms. The number of piperidine rings is 1. The average molecular weight is 556 g/mol. The molecule has 1 unspecified atom stereocenters. The Labute approximate surface area is 229 Å². The average Bonchev–Trinajstić information content (AvgIpc) is 2.91. The molecule has 3 N–H and O–H groups in total. The van der Waals surface area contributed by atoms with E-state index < -0.39 is 17.2 Å². The fourth-order valence-corrected chi connectivity index (χ4v) is 5.55. The molecule has 1 atom stereocenters. The Morgan fingerprint density at radius 3 is 2.51 bits per heavy atom. The molecule has 0 bridgehead atoms. The smallest absolute Gasteiger partial charge is 0.404 e. The van der Waals surface area contributed by atoms with E-state index in [0.717, 1.165) is 34.6 Å². The van der Waals surface area contributed by atoms with Gasteiger partial charge in [0.25, 0.3) is 0 Å². The number of fused-ring (bicyclic) bond motifs is 1. The molecule has 5 nitrogen and oxygen atoms in total. The van der Waals surface area contributed by atoms with E-state index in [0.29, 0.717) is 43.1 Å². The molecule has 0 amide bonds. The highest BCUT2D eigenvalue weighted by Crippen LogP contribution is 2.49. The Hall–Kier alpha value is -3.63. The molecule has 0 radical (unpaired) electrons. The number of rotatable bonds is 8. The van der Waals surface area contributed by atoms with Crippen LogP contribution in [0.4, 0.5) is 28.9 Å². The first-order valence-electron chi connectivity index (χ1n) is 12.2. The molecule has 204 valence electrons. The lowest BCUT2D eigenvalue weighted by Gasteiger charge is -2.48. The number of anilines is 1. The molecule has 10 heteroatoms. The van der Waals surface area contributed by atoms with Crippen LogP contribution in [0.1, 0.15) is 18.4 Å². The molecule has 1 fully saturated rings. The van der Waals surface area contributed by atoms with Gasteiger partial charge in [0.2, 0.25) is 0 Å². The molecule has 2 aromatic rings. The van der Waals surface area contributed by atoms with E-state index in [1.807, 2.05) is 16.5 Å². The van der Waals surface area contributed by atoms with Crippen LogP contribution in [0.15, 0.2) is 106 Å². The van der Waals surface area contributed by atoms with E-state index in [9.17, 15) is 17.6 Å². The van der Waals surface area contributed by atoms with Crippen molar-refractivity contribution in [3.63, 3.8) is 0 Å².